The van der Waals surface area contributed by atoms with Gasteiger partial charge in [-0.05, 0) is 54.9 Å². The first-order chi connectivity index (χ1) is 11.7. The molecule has 0 bridgehead atoms. The van der Waals surface area contributed by atoms with Crippen molar-refractivity contribution in [1.29, 1.82) is 0 Å². The molecule has 0 atom stereocenters. The van der Waals surface area contributed by atoms with Crippen LogP contribution in [0.1, 0.15) is 42.7 Å². The van der Waals surface area contributed by atoms with Gasteiger partial charge < -0.3 is 10.1 Å². The number of hydrogen-bond acceptors (Lipinski definition) is 2. The number of nitrogens with one attached hydrogen (secondary N) is 1. The van der Waals surface area contributed by atoms with Crippen LogP contribution in [0.4, 0.5) is 0 Å². The van der Waals surface area contributed by atoms with Crippen LogP contribution in [0, 0.1) is 0 Å². The van der Waals surface area contributed by atoms with Crippen LogP contribution in [0.3, 0.4) is 0 Å². The molecule has 2 aromatic carbocycles. The fraction of sp³-hybridized carbons (Fsp3) is 0.381. The predicted molar refractivity (Wildman–Crippen MR) is 96.3 cm³/mol. The van der Waals surface area contributed by atoms with Crippen molar-refractivity contribution in [2.24, 2.45) is 0 Å². The van der Waals surface area contributed by atoms with E-state index in [0.29, 0.717) is 18.4 Å². The smallest absolute Gasteiger partial charge is 0.224 e. The Kier molecular flexibility index (Phi) is 5.52. The standard InChI is InChI=1S/C21H25NO2/c1-24-20-9-5-6-16(14-20)15-21(23)22-19-12-10-18(11-13-19)17-7-3-2-4-8-17/h2-9,14,18-19H,10-13,15H2,1H3,(H,22,23). The third kappa shape index (κ3) is 4.38. The fourth-order valence-electron chi connectivity index (χ4n) is 3.54. The lowest BCUT2D eigenvalue weighted by Gasteiger charge is -2.29. The van der Waals surface area contributed by atoms with Crippen molar-refractivity contribution in [1.82, 2.24) is 5.32 Å². The third-order valence-corrected chi connectivity index (χ3v) is 4.86. The summed E-state index contributed by atoms with van der Waals surface area (Å²) < 4.78 is 5.21. The summed E-state index contributed by atoms with van der Waals surface area (Å²) >= 11 is 0. The van der Waals surface area contributed by atoms with Crippen molar-refractivity contribution in [3.8, 4) is 5.75 Å². The number of rotatable bonds is 5. The molecule has 3 nitrogen and oxygen atoms in total. The lowest BCUT2D eigenvalue weighted by molar-refractivity contribution is -0.121. The van der Waals surface area contributed by atoms with Crippen LogP contribution >= 0.6 is 0 Å². The van der Waals surface area contributed by atoms with E-state index in [1.54, 1.807) is 7.11 Å². The molecule has 1 amide bonds. The van der Waals surface area contributed by atoms with E-state index in [0.717, 1.165) is 37.0 Å². The number of amides is 1. The summed E-state index contributed by atoms with van der Waals surface area (Å²) in [6.45, 7) is 0. The number of benzene rings is 2. The molecule has 1 saturated carbocycles. The van der Waals surface area contributed by atoms with E-state index in [1.807, 2.05) is 24.3 Å². The fourth-order valence-corrected chi connectivity index (χ4v) is 3.54. The maximum absolute atomic E-state index is 12.3. The molecule has 0 aromatic heterocycles. The Hall–Kier alpha value is -2.29. The number of ether oxygens (including phenoxy) is 1. The van der Waals surface area contributed by atoms with E-state index in [2.05, 4.69) is 35.6 Å². The molecule has 0 heterocycles. The van der Waals surface area contributed by atoms with Gasteiger partial charge in [-0.2, -0.15) is 0 Å². The molecule has 1 N–H and O–H groups in total. The zero-order valence-electron chi connectivity index (χ0n) is 14.2. The molecular weight excluding hydrogens is 298 g/mol. The zero-order chi connectivity index (χ0) is 16.8. The van der Waals surface area contributed by atoms with Gasteiger partial charge in [-0.15, -0.1) is 0 Å². The first kappa shape index (κ1) is 16.6. The van der Waals surface area contributed by atoms with Gasteiger partial charge in [0.15, 0.2) is 0 Å². The Morgan fingerprint density at radius 3 is 2.50 bits per heavy atom. The van der Waals surface area contributed by atoms with Gasteiger partial charge in [0.25, 0.3) is 0 Å². The van der Waals surface area contributed by atoms with Gasteiger partial charge >= 0.3 is 0 Å². The summed E-state index contributed by atoms with van der Waals surface area (Å²) in [4.78, 5) is 12.3. The summed E-state index contributed by atoms with van der Waals surface area (Å²) in [5.41, 5.74) is 2.42. The van der Waals surface area contributed by atoms with Gasteiger partial charge in [-0.25, -0.2) is 0 Å². The van der Waals surface area contributed by atoms with Crippen LogP contribution in [-0.4, -0.2) is 19.1 Å². The molecule has 0 radical (unpaired) electrons. The molecule has 3 heteroatoms. The second-order valence-electron chi connectivity index (χ2n) is 6.56. The molecule has 0 aliphatic heterocycles. The maximum atomic E-state index is 12.3. The van der Waals surface area contributed by atoms with E-state index in [4.69, 9.17) is 4.74 Å². The highest BCUT2D eigenvalue weighted by molar-refractivity contribution is 5.79. The van der Waals surface area contributed by atoms with Crippen LogP contribution < -0.4 is 10.1 Å². The molecule has 24 heavy (non-hydrogen) atoms. The monoisotopic (exact) mass is 323 g/mol. The van der Waals surface area contributed by atoms with Crippen molar-refractivity contribution >= 4 is 5.91 Å². The quantitative estimate of drug-likeness (QED) is 0.900. The summed E-state index contributed by atoms with van der Waals surface area (Å²) in [7, 11) is 1.64. The van der Waals surface area contributed by atoms with E-state index < -0.39 is 0 Å². The Labute approximate surface area is 144 Å². The highest BCUT2D eigenvalue weighted by Crippen LogP contribution is 2.32. The zero-order valence-corrected chi connectivity index (χ0v) is 14.2. The molecule has 0 unspecified atom stereocenters. The molecule has 1 aliphatic carbocycles. The van der Waals surface area contributed by atoms with Crippen LogP contribution in [0.5, 0.6) is 5.75 Å². The minimum atomic E-state index is 0.103. The Morgan fingerprint density at radius 1 is 1.04 bits per heavy atom. The van der Waals surface area contributed by atoms with Crippen molar-refractivity contribution in [3.63, 3.8) is 0 Å². The lowest BCUT2D eigenvalue weighted by atomic mass is 9.82. The summed E-state index contributed by atoms with van der Waals surface area (Å²) in [5.74, 6) is 1.54. The second kappa shape index (κ2) is 8.00. The van der Waals surface area contributed by atoms with Gasteiger partial charge in [0.2, 0.25) is 5.91 Å². The topological polar surface area (TPSA) is 38.3 Å². The highest BCUT2D eigenvalue weighted by atomic mass is 16.5. The van der Waals surface area contributed by atoms with E-state index in [-0.39, 0.29) is 5.91 Å². The normalized spacial score (nSPS) is 20.4. The number of methoxy groups -OCH3 is 1. The lowest BCUT2D eigenvalue weighted by Crippen LogP contribution is -2.38. The second-order valence-corrected chi connectivity index (χ2v) is 6.56. The average Bonchev–Trinajstić information content (AvgIpc) is 2.63. The molecule has 0 saturated heterocycles. The SMILES string of the molecule is COc1cccc(CC(=O)NC2CCC(c3ccccc3)CC2)c1. The van der Waals surface area contributed by atoms with Gasteiger partial charge in [-0.3, -0.25) is 4.79 Å². The maximum Gasteiger partial charge on any atom is 0.224 e. The summed E-state index contributed by atoms with van der Waals surface area (Å²) in [6.07, 6.45) is 4.82. The highest BCUT2D eigenvalue weighted by Gasteiger charge is 2.23. The van der Waals surface area contributed by atoms with Crippen molar-refractivity contribution < 1.29 is 9.53 Å². The third-order valence-electron chi connectivity index (χ3n) is 4.86. The average molecular weight is 323 g/mol. The Bertz CT molecular complexity index is 661. The van der Waals surface area contributed by atoms with E-state index >= 15 is 0 Å². The summed E-state index contributed by atoms with van der Waals surface area (Å²) in [6, 6.07) is 18.7. The van der Waals surface area contributed by atoms with E-state index in [9.17, 15) is 4.79 Å². The van der Waals surface area contributed by atoms with Crippen molar-refractivity contribution in [3.05, 3.63) is 65.7 Å². The number of carbonyl (C=O) groups is 1. The van der Waals surface area contributed by atoms with Crippen LogP contribution in [0.15, 0.2) is 54.6 Å². The first-order valence-electron chi connectivity index (χ1n) is 8.72. The molecular formula is C21H25NO2. The first-order valence-corrected chi connectivity index (χ1v) is 8.72. The molecule has 1 fully saturated rings. The molecule has 2 aromatic rings. The van der Waals surface area contributed by atoms with Gasteiger partial charge in [0.05, 0.1) is 13.5 Å². The number of carbonyl (C=O) groups excluding carboxylic acids is 1. The number of hydrogen-bond donors (Lipinski definition) is 1. The molecule has 1 aliphatic rings. The van der Waals surface area contributed by atoms with Crippen LogP contribution in [0.25, 0.3) is 0 Å². The molecule has 0 spiro atoms. The molecule has 3 rings (SSSR count). The minimum absolute atomic E-state index is 0.103. The summed E-state index contributed by atoms with van der Waals surface area (Å²) in [5, 5.41) is 3.20. The minimum Gasteiger partial charge on any atom is -0.497 e. The van der Waals surface area contributed by atoms with Crippen molar-refractivity contribution in [2.75, 3.05) is 7.11 Å². The predicted octanol–water partition coefficient (Wildman–Crippen LogP) is 4.08. The Balaban J connectivity index is 1.48. The largest absolute Gasteiger partial charge is 0.497 e. The van der Waals surface area contributed by atoms with Crippen LogP contribution in [0.2, 0.25) is 0 Å². The van der Waals surface area contributed by atoms with Gasteiger partial charge in [0, 0.05) is 6.04 Å². The van der Waals surface area contributed by atoms with E-state index in [1.165, 1.54) is 5.56 Å². The Morgan fingerprint density at radius 2 is 1.79 bits per heavy atom. The van der Waals surface area contributed by atoms with Crippen molar-refractivity contribution in [2.45, 2.75) is 44.1 Å². The van der Waals surface area contributed by atoms with Crippen LogP contribution in [-0.2, 0) is 11.2 Å². The van der Waals surface area contributed by atoms with Gasteiger partial charge in [-0.1, -0.05) is 42.5 Å². The van der Waals surface area contributed by atoms with Gasteiger partial charge in [0.1, 0.15) is 5.75 Å². The molecule has 126 valence electrons.